The number of esters is 1. The summed E-state index contributed by atoms with van der Waals surface area (Å²) in [4.78, 5) is 27.0. The van der Waals surface area contributed by atoms with Gasteiger partial charge in [-0.3, -0.25) is 9.59 Å². The third-order valence-electron chi connectivity index (χ3n) is 2.94. The first-order valence-electron chi connectivity index (χ1n) is 6.38. The molecule has 0 fully saturated rings. The number of halogens is 1. The molecule has 0 bridgehead atoms. The quantitative estimate of drug-likeness (QED) is 0.515. The van der Waals surface area contributed by atoms with Gasteiger partial charge < -0.3 is 10.1 Å². The number of amides is 1. The number of carbonyl (C=O) groups is 2. The Labute approximate surface area is 122 Å². The number of carbonyl (C=O) groups excluding carboxylic acids is 2. The lowest BCUT2D eigenvalue weighted by atomic mass is 10.1. The zero-order valence-corrected chi connectivity index (χ0v) is 11.6. The van der Waals surface area contributed by atoms with E-state index in [1.807, 2.05) is 6.08 Å². The second kappa shape index (κ2) is 7.05. The van der Waals surface area contributed by atoms with E-state index in [2.05, 4.69) is 16.4 Å². The SMILES string of the molecule is O=C(COC(=O)C[C@@H]1C=CCC1)Nc1cccnc1Cl. The van der Waals surface area contributed by atoms with Gasteiger partial charge in [0.25, 0.3) is 5.91 Å². The van der Waals surface area contributed by atoms with Gasteiger partial charge in [-0.05, 0) is 30.9 Å². The van der Waals surface area contributed by atoms with Crippen molar-refractivity contribution in [1.29, 1.82) is 0 Å². The van der Waals surface area contributed by atoms with E-state index in [9.17, 15) is 9.59 Å². The van der Waals surface area contributed by atoms with Gasteiger partial charge in [0.2, 0.25) is 0 Å². The highest BCUT2D eigenvalue weighted by Crippen LogP contribution is 2.20. The van der Waals surface area contributed by atoms with Crippen LogP contribution in [-0.4, -0.2) is 23.5 Å². The number of rotatable bonds is 5. The molecule has 0 aromatic carbocycles. The van der Waals surface area contributed by atoms with Crippen LogP contribution in [0.25, 0.3) is 0 Å². The largest absolute Gasteiger partial charge is 0.456 e. The van der Waals surface area contributed by atoms with Crippen molar-refractivity contribution in [2.45, 2.75) is 19.3 Å². The smallest absolute Gasteiger partial charge is 0.306 e. The molecule has 0 spiro atoms. The van der Waals surface area contributed by atoms with Crippen LogP contribution in [0.3, 0.4) is 0 Å². The fraction of sp³-hybridized carbons (Fsp3) is 0.357. The molecule has 1 heterocycles. The van der Waals surface area contributed by atoms with Crippen molar-refractivity contribution >= 4 is 29.2 Å². The molecule has 1 aliphatic carbocycles. The molecule has 1 aliphatic rings. The van der Waals surface area contributed by atoms with E-state index in [1.54, 1.807) is 12.1 Å². The van der Waals surface area contributed by atoms with Gasteiger partial charge in [0, 0.05) is 6.20 Å². The number of hydrogen-bond donors (Lipinski definition) is 1. The number of nitrogens with one attached hydrogen (secondary N) is 1. The summed E-state index contributed by atoms with van der Waals surface area (Å²) >= 11 is 5.80. The van der Waals surface area contributed by atoms with Gasteiger partial charge in [-0.2, -0.15) is 0 Å². The minimum Gasteiger partial charge on any atom is -0.456 e. The summed E-state index contributed by atoms with van der Waals surface area (Å²) in [6.45, 7) is -0.319. The summed E-state index contributed by atoms with van der Waals surface area (Å²) in [5.74, 6) is -0.567. The molecular formula is C14H15ClN2O3. The molecule has 1 N–H and O–H groups in total. The maximum absolute atomic E-state index is 11.6. The molecule has 1 aromatic rings. The maximum atomic E-state index is 11.6. The van der Waals surface area contributed by atoms with Crippen molar-refractivity contribution in [3.63, 3.8) is 0 Å². The number of allylic oxidation sites excluding steroid dienone is 2. The van der Waals surface area contributed by atoms with Gasteiger partial charge in [0.1, 0.15) is 0 Å². The van der Waals surface area contributed by atoms with Crippen LogP contribution in [0.1, 0.15) is 19.3 Å². The Balaban J connectivity index is 1.73. The Morgan fingerprint density at radius 2 is 2.35 bits per heavy atom. The highest BCUT2D eigenvalue weighted by molar-refractivity contribution is 6.32. The lowest BCUT2D eigenvalue weighted by Crippen LogP contribution is -2.21. The molecule has 1 amide bonds. The number of aromatic nitrogens is 1. The van der Waals surface area contributed by atoms with Crippen molar-refractivity contribution in [3.05, 3.63) is 35.6 Å². The van der Waals surface area contributed by atoms with E-state index < -0.39 is 5.91 Å². The molecule has 106 valence electrons. The Morgan fingerprint density at radius 3 is 3.05 bits per heavy atom. The zero-order valence-electron chi connectivity index (χ0n) is 10.8. The number of hydrogen-bond acceptors (Lipinski definition) is 4. The highest BCUT2D eigenvalue weighted by Gasteiger charge is 2.16. The number of anilines is 1. The van der Waals surface area contributed by atoms with Crippen molar-refractivity contribution in [3.8, 4) is 0 Å². The van der Waals surface area contributed by atoms with E-state index in [1.165, 1.54) is 6.20 Å². The Bertz CT molecular complexity index is 531. The summed E-state index contributed by atoms with van der Waals surface area (Å²) < 4.78 is 4.93. The van der Waals surface area contributed by atoms with Crippen molar-refractivity contribution < 1.29 is 14.3 Å². The van der Waals surface area contributed by atoms with Crippen LogP contribution in [0, 0.1) is 5.92 Å². The monoisotopic (exact) mass is 294 g/mol. The fourth-order valence-corrected chi connectivity index (χ4v) is 2.12. The van der Waals surface area contributed by atoms with E-state index in [0.717, 1.165) is 12.8 Å². The van der Waals surface area contributed by atoms with Crippen LogP contribution in [0.4, 0.5) is 5.69 Å². The molecule has 1 atom stereocenters. The van der Waals surface area contributed by atoms with Crippen molar-refractivity contribution in [2.75, 3.05) is 11.9 Å². The maximum Gasteiger partial charge on any atom is 0.306 e. The molecule has 20 heavy (non-hydrogen) atoms. The first kappa shape index (κ1) is 14.5. The highest BCUT2D eigenvalue weighted by atomic mass is 35.5. The van der Waals surface area contributed by atoms with E-state index in [0.29, 0.717) is 12.1 Å². The summed E-state index contributed by atoms with van der Waals surface area (Å²) in [5, 5.41) is 2.73. The molecular weight excluding hydrogens is 280 g/mol. The van der Waals surface area contributed by atoms with E-state index >= 15 is 0 Å². The van der Waals surface area contributed by atoms with Gasteiger partial charge in [-0.1, -0.05) is 23.8 Å². The zero-order chi connectivity index (χ0) is 14.4. The molecule has 0 saturated carbocycles. The molecule has 2 rings (SSSR count). The third-order valence-corrected chi connectivity index (χ3v) is 3.24. The summed E-state index contributed by atoms with van der Waals surface area (Å²) in [5.41, 5.74) is 0.397. The Kier molecular flexibility index (Phi) is 5.12. The minimum atomic E-state index is -0.435. The summed E-state index contributed by atoms with van der Waals surface area (Å²) in [6, 6.07) is 3.28. The second-order valence-corrected chi connectivity index (χ2v) is 4.88. The van der Waals surface area contributed by atoms with Crippen molar-refractivity contribution in [2.24, 2.45) is 5.92 Å². The minimum absolute atomic E-state index is 0.197. The lowest BCUT2D eigenvalue weighted by Gasteiger charge is -2.09. The molecule has 5 nitrogen and oxygen atoms in total. The van der Waals surface area contributed by atoms with Crippen LogP contribution in [0.5, 0.6) is 0 Å². The van der Waals surface area contributed by atoms with E-state index in [-0.39, 0.29) is 23.6 Å². The molecule has 0 radical (unpaired) electrons. The van der Waals surface area contributed by atoms with Gasteiger partial charge in [-0.15, -0.1) is 0 Å². The average molecular weight is 295 g/mol. The van der Waals surface area contributed by atoms with Gasteiger partial charge in [0.15, 0.2) is 11.8 Å². The number of pyridine rings is 1. The van der Waals surface area contributed by atoms with Crippen LogP contribution in [-0.2, 0) is 14.3 Å². The standard InChI is InChI=1S/C14H15ClN2O3/c15-14-11(6-3-7-16-14)17-12(18)9-20-13(19)8-10-4-1-2-5-10/h1,3-4,6-7,10H,2,5,8-9H2,(H,17,18)/t10-/m1/s1. The number of ether oxygens (including phenoxy) is 1. The average Bonchev–Trinajstić information content (AvgIpc) is 2.92. The fourth-order valence-electron chi connectivity index (χ4n) is 1.95. The Morgan fingerprint density at radius 1 is 1.50 bits per heavy atom. The van der Waals surface area contributed by atoms with Crippen LogP contribution >= 0.6 is 11.6 Å². The van der Waals surface area contributed by atoms with Crippen LogP contribution < -0.4 is 5.32 Å². The third kappa shape index (κ3) is 4.35. The molecule has 0 aliphatic heterocycles. The van der Waals surface area contributed by atoms with Crippen LogP contribution in [0.15, 0.2) is 30.5 Å². The molecule has 6 heteroatoms. The Hall–Kier alpha value is -1.88. The van der Waals surface area contributed by atoms with Gasteiger partial charge >= 0.3 is 5.97 Å². The van der Waals surface area contributed by atoms with E-state index in [4.69, 9.17) is 16.3 Å². The molecule has 1 aromatic heterocycles. The first-order valence-corrected chi connectivity index (χ1v) is 6.75. The lowest BCUT2D eigenvalue weighted by molar-refractivity contribution is -0.147. The second-order valence-electron chi connectivity index (χ2n) is 4.52. The predicted octanol–water partition coefficient (Wildman–Crippen LogP) is 2.57. The van der Waals surface area contributed by atoms with Crippen LogP contribution in [0.2, 0.25) is 5.15 Å². The summed E-state index contributed by atoms with van der Waals surface area (Å²) in [7, 11) is 0. The molecule has 0 unspecified atom stereocenters. The van der Waals surface area contributed by atoms with Gasteiger partial charge in [-0.25, -0.2) is 4.98 Å². The molecule has 0 saturated heterocycles. The number of nitrogens with zero attached hydrogens (tertiary/aromatic N) is 1. The summed E-state index contributed by atoms with van der Waals surface area (Å²) in [6.07, 6.45) is 7.86. The van der Waals surface area contributed by atoms with Crippen molar-refractivity contribution in [1.82, 2.24) is 4.98 Å². The topological polar surface area (TPSA) is 68.3 Å². The normalized spacial score (nSPS) is 16.9. The first-order chi connectivity index (χ1) is 9.65. The van der Waals surface area contributed by atoms with Gasteiger partial charge in [0.05, 0.1) is 12.1 Å². The predicted molar refractivity (Wildman–Crippen MR) is 75.3 cm³/mol.